The zero-order valence-electron chi connectivity index (χ0n) is 7.95. The van der Waals surface area contributed by atoms with Crippen molar-refractivity contribution in [2.75, 3.05) is 13.1 Å². The molecule has 0 saturated carbocycles. The maximum atomic E-state index is 11.6. The van der Waals surface area contributed by atoms with E-state index in [-0.39, 0.29) is 5.25 Å². The average molecular weight is 191 g/mol. The van der Waals surface area contributed by atoms with Gasteiger partial charge in [0.25, 0.3) is 0 Å². The van der Waals surface area contributed by atoms with Crippen LogP contribution in [0.1, 0.15) is 27.2 Å². The molecule has 0 spiro atoms. The highest BCUT2D eigenvalue weighted by Gasteiger charge is 2.30. The Bertz CT molecular complexity index is 246. The van der Waals surface area contributed by atoms with E-state index in [2.05, 4.69) is 6.92 Å². The average Bonchev–Trinajstić information content (AvgIpc) is 2.35. The van der Waals surface area contributed by atoms with Gasteiger partial charge in [0.1, 0.15) is 0 Å². The van der Waals surface area contributed by atoms with Gasteiger partial charge in [-0.3, -0.25) is 0 Å². The predicted octanol–water partition coefficient (Wildman–Crippen LogP) is 1.07. The fraction of sp³-hybridized carbons (Fsp3) is 1.00. The molecule has 1 atom stereocenters. The SMILES string of the molecule is CC(C)S(=O)(=O)N1CC[C@H](C)C1. The quantitative estimate of drug-likeness (QED) is 0.654. The van der Waals surface area contributed by atoms with Crippen LogP contribution in [0.4, 0.5) is 0 Å². The zero-order valence-corrected chi connectivity index (χ0v) is 8.76. The molecule has 0 amide bonds. The highest BCUT2D eigenvalue weighted by molar-refractivity contribution is 7.89. The zero-order chi connectivity index (χ0) is 9.35. The van der Waals surface area contributed by atoms with Crippen LogP contribution in [0.25, 0.3) is 0 Å². The van der Waals surface area contributed by atoms with E-state index in [4.69, 9.17) is 0 Å². The van der Waals surface area contributed by atoms with E-state index in [0.717, 1.165) is 6.42 Å². The lowest BCUT2D eigenvalue weighted by molar-refractivity contribution is 0.458. The molecule has 0 aromatic carbocycles. The van der Waals surface area contributed by atoms with Gasteiger partial charge in [0.05, 0.1) is 5.25 Å². The fourth-order valence-corrected chi connectivity index (χ4v) is 2.84. The third-order valence-electron chi connectivity index (χ3n) is 2.34. The molecule has 1 fully saturated rings. The van der Waals surface area contributed by atoms with Crippen LogP contribution >= 0.6 is 0 Å². The van der Waals surface area contributed by atoms with E-state index in [1.165, 1.54) is 0 Å². The largest absolute Gasteiger partial charge is 0.216 e. The van der Waals surface area contributed by atoms with Crippen LogP contribution < -0.4 is 0 Å². The van der Waals surface area contributed by atoms with Gasteiger partial charge in [0.2, 0.25) is 10.0 Å². The Kier molecular flexibility index (Phi) is 2.78. The van der Waals surface area contributed by atoms with Crippen LogP contribution in [0, 0.1) is 5.92 Å². The molecule has 1 saturated heterocycles. The lowest BCUT2D eigenvalue weighted by atomic mass is 10.2. The Hall–Kier alpha value is -0.0900. The van der Waals surface area contributed by atoms with Gasteiger partial charge in [-0.15, -0.1) is 0 Å². The summed E-state index contributed by atoms with van der Waals surface area (Å²) in [6, 6.07) is 0. The summed E-state index contributed by atoms with van der Waals surface area (Å²) in [5.41, 5.74) is 0. The molecule has 0 radical (unpaired) electrons. The summed E-state index contributed by atoms with van der Waals surface area (Å²) < 4.78 is 24.8. The second-order valence-corrected chi connectivity index (χ2v) is 6.33. The summed E-state index contributed by atoms with van der Waals surface area (Å²) >= 11 is 0. The molecule has 0 N–H and O–H groups in total. The van der Waals surface area contributed by atoms with Gasteiger partial charge in [-0.2, -0.15) is 0 Å². The predicted molar refractivity (Wildman–Crippen MR) is 49.4 cm³/mol. The van der Waals surface area contributed by atoms with E-state index in [1.807, 2.05) is 0 Å². The fourth-order valence-electron chi connectivity index (χ4n) is 1.42. The third-order valence-corrected chi connectivity index (χ3v) is 4.59. The lowest BCUT2D eigenvalue weighted by Gasteiger charge is -2.18. The Balaban J connectivity index is 2.71. The van der Waals surface area contributed by atoms with Crippen LogP contribution in [0.5, 0.6) is 0 Å². The minimum absolute atomic E-state index is 0.275. The smallest absolute Gasteiger partial charge is 0.212 e. The number of rotatable bonds is 2. The van der Waals surface area contributed by atoms with Crippen molar-refractivity contribution in [2.45, 2.75) is 32.4 Å². The monoisotopic (exact) mass is 191 g/mol. The summed E-state index contributed by atoms with van der Waals surface area (Å²) in [5, 5.41) is -0.275. The van der Waals surface area contributed by atoms with Crippen molar-refractivity contribution < 1.29 is 8.42 Å². The second-order valence-electron chi connectivity index (χ2n) is 3.85. The van der Waals surface area contributed by atoms with Crippen molar-refractivity contribution in [1.82, 2.24) is 4.31 Å². The van der Waals surface area contributed by atoms with Crippen molar-refractivity contribution in [2.24, 2.45) is 5.92 Å². The second kappa shape index (κ2) is 3.34. The molecule has 0 aromatic heterocycles. The number of nitrogens with zero attached hydrogens (tertiary/aromatic N) is 1. The van der Waals surface area contributed by atoms with Gasteiger partial charge in [-0.05, 0) is 26.2 Å². The first-order valence-electron chi connectivity index (χ1n) is 4.43. The maximum absolute atomic E-state index is 11.6. The normalized spacial score (nSPS) is 26.8. The molecule has 1 heterocycles. The summed E-state index contributed by atoms with van der Waals surface area (Å²) in [4.78, 5) is 0. The van der Waals surface area contributed by atoms with Crippen molar-refractivity contribution in [1.29, 1.82) is 0 Å². The molecule has 0 bridgehead atoms. The van der Waals surface area contributed by atoms with Gasteiger partial charge < -0.3 is 0 Å². The van der Waals surface area contributed by atoms with Gasteiger partial charge in [-0.1, -0.05) is 6.92 Å². The van der Waals surface area contributed by atoms with Gasteiger partial charge in [0, 0.05) is 13.1 Å². The molecule has 1 rings (SSSR count). The molecule has 3 nitrogen and oxygen atoms in total. The van der Waals surface area contributed by atoms with E-state index in [1.54, 1.807) is 18.2 Å². The minimum Gasteiger partial charge on any atom is -0.212 e. The Morgan fingerprint density at radius 1 is 1.42 bits per heavy atom. The van der Waals surface area contributed by atoms with Gasteiger partial charge >= 0.3 is 0 Å². The lowest BCUT2D eigenvalue weighted by Crippen LogP contribution is -2.34. The Morgan fingerprint density at radius 2 is 2.00 bits per heavy atom. The summed E-state index contributed by atoms with van der Waals surface area (Å²) in [6.45, 7) is 6.98. The highest BCUT2D eigenvalue weighted by atomic mass is 32.2. The molecular formula is C8H17NO2S. The molecule has 12 heavy (non-hydrogen) atoms. The molecule has 0 aromatic rings. The maximum Gasteiger partial charge on any atom is 0.216 e. The molecule has 4 heteroatoms. The van der Waals surface area contributed by atoms with Crippen molar-refractivity contribution >= 4 is 10.0 Å². The molecule has 0 unspecified atom stereocenters. The van der Waals surface area contributed by atoms with E-state index >= 15 is 0 Å². The van der Waals surface area contributed by atoms with Crippen molar-refractivity contribution in [3.05, 3.63) is 0 Å². The van der Waals surface area contributed by atoms with Gasteiger partial charge in [-0.25, -0.2) is 12.7 Å². The van der Waals surface area contributed by atoms with Crippen LogP contribution in [-0.2, 0) is 10.0 Å². The van der Waals surface area contributed by atoms with Crippen LogP contribution in [-0.4, -0.2) is 31.1 Å². The molecular weight excluding hydrogens is 174 g/mol. The molecule has 1 aliphatic heterocycles. The first-order valence-corrected chi connectivity index (χ1v) is 5.94. The molecule has 72 valence electrons. The van der Waals surface area contributed by atoms with Crippen molar-refractivity contribution in [3.63, 3.8) is 0 Å². The number of hydrogen-bond acceptors (Lipinski definition) is 2. The van der Waals surface area contributed by atoms with Crippen LogP contribution in [0.3, 0.4) is 0 Å². The van der Waals surface area contributed by atoms with E-state index in [9.17, 15) is 8.42 Å². The van der Waals surface area contributed by atoms with Crippen LogP contribution in [0.15, 0.2) is 0 Å². The highest BCUT2D eigenvalue weighted by Crippen LogP contribution is 2.20. The Labute approximate surface area is 74.8 Å². The molecule has 1 aliphatic rings. The number of hydrogen-bond donors (Lipinski definition) is 0. The summed E-state index contributed by atoms with van der Waals surface area (Å²) in [7, 11) is -2.98. The first-order chi connectivity index (χ1) is 5.44. The topological polar surface area (TPSA) is 37.4 Å². The standard InChI is InChI=1S/C8H17NO2S/c1-7(2)12(10,11)9-5-4-8(3)6-9/h7-8H,4-6H2,1-3H3/t8-/m0/s1. The van der Waals surface area contributed by atoms with Crippen molar-refractivity contribution in [3.8, 4) is 0 Å². The van der Waals surface area contributed by atoms with E-state index < -0.39 is 10.0 Å². The minimum atomic E-state index is -2.98. The third kappa shape index (κ3) is 1.80. The summed E-state index contributed by atoms with van der Waals surface area (Å²) in [5.74, 6) is 0.526. The molecule has 0 aliphatic carbocycles. The first kappa shape index (κ1) is 9.99. The van der Waals surface area contributed by atoms with Crippen LogP contribution in [0.2, 0.25) is 0 Å². The Morgan fingerprint density at radius 3 is 2.33 bits per heavy atom. The number of sulfonamides is 1. The summed E-state index contributed by atoms with van der Waals surface area (Å²) in [6.07, 6.45) is 1.01. The van der Waals surface area contributed by atoms with Gasteiger partial charge in [0.15, 0.2) is 0 Å². The van der Waals surface area contributed by atoms with E-state index in [0.29, 0.717) is 19.0 Å².